The smallest absolute Gasteiger partial charge is 0.134 e. The van der Waals surface area contributed by atoms with Gasteiger partial charge in [0.25, 0.3) is 0 Å². The molecule has 0 aliphatic heterocycles. The Labute approximate surface area is 121 Å². The summed E-state index contributed by atoms with van der Waals surface area (Å²) in [5.74, 6) is 1.10. The van der Waals surface area contributed by atoms with E-state index in [1.807, 2.05) is 0 Å². The first-order valence-electron chi connectivity index (χ1n) is 7.77. The molecular formula is C18H25NO. The molecule has 1 saturated carbocycles. The Kier molecular flexibility index (Phi) is 3.37. The average molecular weight is 271 g/mol. The summed E-state index contributed by atoms with van der Waals surface area (Å²) in [7, 11) is 0. The summed E-state index contributed by atoms with van der Waals surface area (Å²) in [4.78, 5) is 0. The van der Waals surface area contributed by atoms with Crippen LogP contribution in [0.15, 0.2) is 22.6 Å². The number of rotatable bonds is 5. The molecule has 1 N–H and O–H groups in total. The van der Waals surface area contributed by atoms with Gasteiger partial charge in [0.1, 0.15) is 11.3 Å². The molecule has 3 rings (SSSR count). The van der Waals surface area contributed by atoms with Gasteiger partial charge in [0.2, 0.25) is 0 Å². The zero-order valence-corrected chi connectivity index (χ0v) is 13.0. The van der Waals surface area contributed by atoms with Gasteiger partial charge in [-0.15, -0.1) is 0 Å². The van der Waals surface area contributed by atoms with Crippen LogP contribution in [0, 0.1) is 6.92 Å². The lowest BCUT2D eigenvalue weighted by molar-refractivity contribution is 0.504. The Balaban J connectivity index is 1.94. The summed E-state index contributed by atoms with van der Waals surface area (Å²) in [6, 6.07) is 7.39. The van der Waals surface area contributed by atoms with Crippen molar-refractivity contribution in [2.45, 2.75) is 65.0 Å². The van der Waals surface area contributed by atoms with E-state index in [2.05, 4.69) is 51.2 Å². The maximum Gasteiger partial charge on any atom is 0.134 e. The summed E-state index contributed by atoms with van der Waals surface area (Å²) < 4.78 is 6.02. The van der Waals surface area contributed by atoms with Crippen LogP contribution in [-0.2, 0) is 12.0 Å². The summed E-state index contributed by atoms with van der Waals surface area (Å²) in [5.41, 5.74) is 3.94. The van der Waals surface area contributed by atoms with E-state index in [4.69, 9.17) is 4.42 Å². The molecule has 0 unspecified atom stereocenters. The van der Waals surface area contributed by atoms with Gasteiger partial charge in [-0.25, -0.2) is 0 Å². The normalized spacial score (nSPS) is 16.0. The van der Waals surface area contributed by atoms with Crippen molar-refractivity contribution in [3.8, 4) is 0 Å². The molecule has 1 heterocycles. The van der Waals surface area contributed by atoms with Crippen LogP contribution in [0.4, 0.5) is 0 Å². The van der Waals surface area contributed by atoms with E-state index in [9.17, 15) is 0 Å². The molecular weight excluding hydrogens is 246 g/mol. The Morgan fingerprint density at radius 1 is 1.30 bits per heavy atom. The molecule has 2 heteroatoms. The first kappa shape index (κ1) is 13.7. The quantitative estimate of drug-likeness (QED) is 0.854. The molecule has 1 aliphatic rings. The largest absolute Gasteiger partial charge is 0.459 e. The van der Waals surface area contributed by atoms with Gasteiger partial charge in [-0.05, 0) is 54.9 Å². The standard InChI is InChI=1S/C18H25NO/c1-5-18(3,4)13-6-9-16-15(10-13)12(2)17(20-16)11-19-14-7-8-14/h6,9-10,14,19H,5,7-8,11H2,1-4H3. The van der Waals surface area contributed by atoms with Crippen molar-refractivity contribution < 1.29 is 4.42 Å². The van der Waals surface area contributed by atoms with Crippen LogP contribution in [0.3, 0.4) is 0 Å². The molecule has 0 radical (unpaired) electrons. The molecule has 20 heavy (non-hydrogen) atoms. The minimum absolute atomic E-state index is 0.227. The highest BCUT2D eigenvalue weighted by Gasteiger charge is 2.23. The highest BCUT2D eigenvalue weighted by atomic mass is 16.3. The van der Waals surface area contributed by atoms with Crippen LogP contribution in [0.2, 0.25) is 0 Å². The zero-order chi connectivity index (χ0) is 14.3. The summed E-state index contributed by atoms with van der Waals surface area (Å²) in [6.07, 6.45) is 3.77. The maximum atomic E-state index is 6.02. The lowest BCUT2D eigenvalue weighted by Gasteiger charge is -2.23. The van der Waals surface area contributed by atoms with Crippen LogP contribution in [-0.4, -0.2) is 6.04 Å². The second-order valence-electron chi connectivity index (χ2n) is 6.75. The van der Waals surface area contributed by atoms with Crippen LogP contribution in [0.25, 0.3) is 11.0 Å². The van der Waals surface area contributed by atoms with E-state index in [0.717, 1.165) is 30.4 Å². The van der Waals surface area contributed by atoms with Crippen LogP contribution < -0.4 is 5.32 Å². The molecule has 0 bridgehead atoms. The first-order chi connectivity index (χ1) is 9.51. The van der Waals surface area contributed by atoms with Crippen molar-refractivity contribution >= 4 is 11.0 Å². The van der Waals surface area contributed by atoms with Gasteiger partial charge >= 0.3 is 0 Å². The lowest BCUT2D eigenvalue weighted by Crippen LogP contribution is -2.15. The fraction of sp³-hybridized carbons (Fsp3) is 0.556. The Morgan fingerprint density at radius 3 is 2.70 bits per heavy atom. The predicted octanol–water partition coefficient (Wildman–Crippen LogP) is 4.68. The fourth-order valence-electron chi connectivity index (χ4n) is 2.59. The van der Waals surface area contributed by atoms with Gasteiger partial charge in [-0.3, -0.25) is 0 Å². The van der Waals surface area contributed by atoms with Crippen molar-refractivity contribution in [3.63, 3.8) is 0 Å². The van der Waals surface area contributed by atoms with Gasteiger partial charge in [-0.1, -0.05) is 26.8 Å². The third-order valence-electron chi connectivity index (χ3n) is 4.83. The molecule has 0 spiro atoms. The third-order valence-corrected chi connectivity index (χ3v) is 4.83. The molecule has 1 aliphatic carbocycles. The molecule has 2 aromatic rings. The third kappa shape index (κ3) is 2.49. The number of aryl methyl sites for hydroxylation is 1. The van der Waals surface area contributed by atoms with E-state index < -0.39 is 0 Å². The van der Waals surface area contributed by atoms with Gasteiger partial charge < -0.3 is 9.73 Å². The molecule has 108 valence electrons. The number of hydrogen-bond acceptors (Lipinski definition) is 2. The van der Waals surface area contributed by atoms with Crippen molar-refractivity contribution in [2.75, 3.05) is 0 Å². The average Bonchev–Trinajstić information content (AvgIpc) is 3.22. The fourth-order valence-corrected chi connectivity index (χ4v) is 2.59. The van der Waals surface area contributed by atoms with E-state index in [-0.39, 0.29) is 5.41 Å². The van der Waals surface area contributed by atoms with Crippen LogP contribution in [0.5, 0.6) is 0 Å². The van der Waals surface area contributed by atoms with E-state index in [1.165, 1.54) is 29.4 Å². The Hall–Kier alpha value is -1.28. The minimum Gasteiger partial charge on any atom is -0.459 e. The van der Waals surface area contributed by atoms with Gasteiger partial charge in [-0.2, -0.15) is 0 Å². The van der Waals surface area contributed by atoms with Gasteiger partial charge in [0.05, 0.1) is 6.54 Å². The topological polar surface area (TPSA) is 25.2 Å². The highest BCUT2D eigenvalue weighted by Crippen LogP contribution is 2.33. The molecule has 0 saturated heterocycles. The van der Waals surface area contributed by atoms with Crippen LogP contribution >= 0.6 is 0 Å². The van der Waals surface area contributed by atoms with Gasteiger partial charge in [0.15, 0.2) is 0 Å². The van der Waals surface area contributed by atoms with E-state index >= 15 is 0 Å². The number of hydrogen-bond donors (Lipinski definition) is 1. The summed E-state index contributed by atoms with van der Waals surface area (Å²) in [5, 5.41) is 4.81. The minimum atomic E-state index is 0.227. The molecule has 0 amide bonds. The first-order valence-corrected chi connectivity index (χ1v) is 7.77. The molecule has 0 atom stereocenters. The van der Waals surface area contributed by atoms with E-state index in [0.29, 0.717) is 0 Å². The van der Waals surface area contributed by atoms with Crippen LogP contribution in [0.1, 0.15) is 56.9 Å². The number of furan rings is 1. The monoisotopic (exact) mass is 271 g/mol. The second-order valence-corrected chi connectivity index (χ2v) is 6.75. The Bertz CT molecular complexity index is 620. The predicted molar refractivity (Wildman–Crippen MR) is 84.1 cm³/mol. The highest BCUT2D eigenvalue weighted by molar-refractivity contribution is 5.83. The SMILES string of the molecule is CCC(C)(C)c1ccc2oc(CNC3CC3)c(C)c2c1. The van der Waals surface area contributed by atoms with Crippen molar-refractivity contribution in [3.05, 3.63) is 35.1 Å². The summed E-state index contributed by atoms with van der Waals surface area (Å²) >= 11 is 0. The van der Waals surface area contributed by atoms with E-state index in [1.54, 1.807) is 0 Å². The number of nitrogens with one attached hydrogen (secondary N) is 1. The molecule has 2 nitrogen and oxygen atoms in total. The summed E-state index contributed by atoms with van der Waals surface area (Å²) in [6.45, 7) is 9.89. The lowest BCUT2D eigenvalue weighted by atomic mass is 9.82. The second kappa shape index (κ2) is 4.92. The van der Waals surface area contributed by atoms with Crippen molar-refractivity contribution in [1.82, 2.24) is 5.32 Å². The molecule has 1 aromatic carbocycles. The number of benzene rings is 1. The number of fused-ring (bicyclic) bond motifs is 1. The maximum absolute atomic E-state index is 6.02. The molecule has 1 fully saturated rings. The van der Waals surface area contributed by atoms with Crippen molar-refractivity contribution in [1.29, 1.82) is 0 Å². The van der Waals surface area contributed by atoms with Gasteiger partial charge in [0, 0.05) is 11.4 Å². The molecule has 1 aromatic heterocycles. The Morgan fingerprint density at radius 2 is 2.05 bits per heavy atom. The van der Waals surface area contributed by atoms with Crippen molar-refractivity contribution in [2.24, 2.45) is 0 Å². The zero-order valence-electron chi connectivity index (χ0n) is 13.0.